The minimum Gasteiger partial charge on any atom is -0.354 e. The van der Waals surface area contributed by atoms with E-state index in [1.54, 1.807) is 6.92 Å². The number of rotatable bonds is 13. The summed E-state index contributed by atoms with van der Waals surface area (Å²) in [5.41, 5.74) is 0. The average molecular weight is 330 g/mol. The second-order valence-corrected chi connectivity index (χ2v) is 5.84. The van der Waals surface area contributed by atoms with Crippen molar-refractivity contribution in [2.75, 3.05) is 12.3 Å². The topological polar surface area (TPSA) is 75.3 Å². The van der Waals surface area contributed by atoms with Gasteiger partial charge in [-0.25, -0.2) is 0 Å². The Labute approximate surface area is 139 Å². The molecule has 1 atom stereocenters. The van der Waals surface area contributed by atoms with Crippen LogP contribution in [0.1, 0.15) is 65.2 Å². The van der Waals surface area contributed by atoms with Crippen molar-refractivity contribution in [3.63, 3.8) is 0 Å². The zero-order chi connectivity index (χ0) is 16.8. The first-order valence-corrected chi connectivity index (χ1v) is 8.88. The van der Waals surface area contributed by atoms with E-state index in [1.165, 1.54) is 0 Å². The zero-order valence-corrected chi connectivity index (χ0v) is 14.7. The van der Waals surface area contributed by atoms with Crippen LogP contribution in [0.2, 0.25) is 0 Å². The monoisotopic (exact) mass is 330 g/mol. The largest absolute Gasteiger partial charge is 0.354 e. The number of hydrogen-bond donors (Lipinski definition) is 3. The highest BCUT2D eigenvalue weighted by Gasteiger charge is 2.22. The van der Waals surface area contributed by atoms with Crippen LogP contribution < -0.4 is 10.6 Å². The van der Waals surface area contributed by atoms with E-state index in [1.807, 2.05) is 6.92 Å². The fraction of sp³-hybridized carbons (Fsp3) is 0.812. The molecule has 0 aliphatic heterocycles. The van der Waals surface area contributed by atoms with Gasteiger partial charge in [-0.2, -0.15) is 12.6 Å². The molecule has 2 amide bonds. The molecule has 0 aliphatic carbocycles. The molecule has 0 radical (unpaired) electrons. The molecule has 0 rings (SSSR count). The van der Waals surface area contributed by atoms with Gasteiger partial charge >= 0.3 is 0 Å². The molecular weight excluding hydrogens is 300 g/mol. The number of thiol groups is 1. The lowest BCUT2D eigenvalue weighted by Crippen LogP contribution is -2.48. The van der Waals surface area contributed by atoms with E-state index in [0.717, 1.165) is 37.9 Å². The van der Waals surface area contributed by atoms with Crippen LogP contribution in [0.4, 0.5) is 0 Å². The van der Waals surface area contributed by atoms with Crippen molar-refractivity contribution in [2.24, 2.45) is 0 Å². The zero-order valence-electron chi connectivity index (χ0n) is 13.8. The van der Waals surface area contributed by atoms with Crippen molar-refractivity contribution in [3.05, 3.63) is 0 Å². The number of carbonyl (C=O) groups excluding carboxylic acids is 3. The molecule has 0 aromatic carbocycles. The van der Waals surface area contributed by atoms with Crippen molar-refractivity contribution in [1.29, 1.82) is 0 Å². The molecule has 0 aromatic heterocycles. The summed E-state index contributed by atoms with van der Waals surface area (Å²) in [6.45, 7) is 4.37. The molecule has 0 aliphatic rings. The van der Waals surface area contributed by atoms with Crippen LogP contribution >= 0.6 is 12.6 Å². The highest BCUT2D eigenvalue weighted by atomic mass is 32.1. The smallest absolute Gasteiger partial charge is 0.243 e. The third-order valence-corrected chi connectivity index (χ3v) is 3.69. The summed E-state index contributed by atoms with van der Waals surface area (Å²) < 4.78 is 0. The van der Waals surface area contributed by atoms with Crippen LogP contribution in [0.25, 0.3) is 0 Å². The van der Waals surface area contributed by atoms with E-state index in [-0.39, 0.29) is 24.0 Å². The van der Waals surface area contributed by atoms with Crippen molar-refractivity contribution in [2.45, 2.75) is 71.3 Å². The van der Waals surface area contributed by atoms with Gasteiger partial charge in [0.2, 0.25) is 11.8 Å². The van der Waals surface area contributed by atoms with Gasteiger partial charge in [0.25, 0.3) is 0 Å². The molecule has 0 saturated heterocycles. The summed E-state index contributed by atoms with van der Waals surface area (Å²) in [6, 6.07) is -0.748. The number of Topliss-reactive ketones (excluding diaryl/α,β-unsaturated/α-hetero) is 1. The van der Waals surface area contributed by atoms with Crippen LogP contribution in [-0.4, -0.2) is 35.9 Å². The highest BCUT2D eigenvalue weighted by Crippen LogP contribution is 2.03. The number of hydrogen-bond acceptors (Lipinski definition) is 4. The molecule has 128 valence electrons. The fourth-order valence-electron chi connectivity index (χ4n) is 1.93. The Morgan fingerprint density at radius 3 is 2.36 bits per heavy atom. The summed E-state index contributed by atoms with van der Waals surface area (Å²) in [4.78, 5) is 35.6. The molecule has 22 heavy (non-hydrogen) atoms. The summed E-state index contributed by atoms with van der Waals surface area (Å²) in [5, 5.41) is 5.47. The summed E-state index contributed by atoms with van der Waals surface area (Å²) >= 11 is 4.13. The molecule has 0 fully saturated rings. The van der Waals surface area contributed by atoms with Gasteiger partial charge in [0.1, 0.15) is 11.8 Å². The normalized spacial score (nSPS) is 11.8. The quantitative estimate of drug-likeness (QED) is 0.358. The SMILES string of the molecule is CCCCNC(=O)[C@H](CC(=O)CC)NC(=O)CCCCCS. The Kier molecular flexibility index (Phi) is 13.0. The fourth-order valence-corrected chi connectivity index (χ4v) is 2.16. The molecule has 0 unspecified atom stereocenters. The van der Waals surface area contributed by atoms with Gasteiger partial charge in [0.15, 0.2) is 0 Å². The third-order valence-electron chi connectivity index (χ3n) is 3.37. The van der Waals surface area contributed by atoms with Crippen LogP contribution in [0, 0.1) is 0 Å². The standard InChI is InChI=1S/C16H30N2O3S/c1-3-5-10-17-16(21)14(12-13(19)4-2)18-15(20)9-7-6-8-11-22/h14,22H,3-12H2,1-2H3,(H,17,21)(H,18,20)/t14-/m0/s1. The molecule has 0 aromatic rings. The Morgan fingerprint density at radius 2 is 1.77 bits per heavy atom. The van der Waals surface area contributed by atoms with E-state index in [4.69, 9.17) is 0 Å². The average Bonchev–Trinajstić information content (AvgIpc) is 2.50. The first kappa shape index (κ1) is 21.0. The molecule has 5 nitrogen and oxygen atoms in total. The summed E-state index contributed by atoms with van der Waals surface area (Å²) in [7, 11) is 0. The van der Waals surface area contributed by atoms with Gasteiger partial charge in [0.05, 0.1) is 0 Å². The van der Waals surface area contributed by atoms with Crippen molar-refractivity contribution in [1.82, 2.24) is 10.6 Å². The van der Waals surface area contributed by atoms with E-state index < -0.39 is 6.04 Å². The van der Waals surface area contributed by atoms with Crippen LogP contribution in [0.5, 0.6) is 0 Å². The number of carbonyl (C=O) groups is 3. The highest BCUT2D eigenvalue weighted by molar-refractivity contribution is 7.80. The molecule has 2 N–H and O–H groups in total. The van der Waals surface area contributed by atoms with Gasteiger partial charge in [-0.15, -0.1) is 0 Å². The van der Waals surface area contributed by atoms with E-state index >= 15 is 0 Å². The van der Waals surface area contributed by atoms with Crippen LogP contribution in [0.3, 0.4) is 0 Å². The third kappa shape index (κ3) is 10.7. The Bertz CT molecular complexity index is 348. The van der Waals surface area contributed by atoms with E-state index in [2.05, 4.69) is 23.3 Å². The number of ketones is 1. The molecule has 0 bridgehead atoms. The summed E-state index contributed by atoms with van der Waals surface area (Å²) in [6.07, 6.45) is 5.39. The molecule has 0 spiro atoms. The number of unbranched alkanes of at least 4 members (excludes halogenated alkanes) is 3. The predicted octanol–water partition coefficient (Wildman–Crippen LogP) is 2.25. The molecule has 6 heteroatoms. The molecule has 0 saturated carbocycles. The van der Waals surface area contributed by atoms with Gasteiger partial charge in [-0.3, -0.25) is 14.4 Å². The Hall–Kier alpha value is -1.04. The minimum atomic E-state index is -0.748. The maximum atomic E-state index is 12.1. The van der Waals surface area contributed by atoms with Gasteiger partial charge in [0, 0.05) is 25.8 Å². The van der Waals surface area contributed by atoms with Crippen molar-refractivity contribution < 1.29 is 14.4 Å². The minimum absolute atomic E-state index is 0.0222. The van der Waals surface area contributed by atoms with Gasteiger partial charge in [-0.05, 0) is 25.0 Å². The number of amides is 2. The number of nitrogens with one attached hydrogen (secondary N) is 2. The molecule has 0 heterocycles. The van der Waals surface area contributed by atoms with Crippen LogP contribution in [0.15, 0.2) is 0 Å². The lowest BCUT2D eigenvalue weighted by atomic mass is 10.1. The van der Waals surface area contributed by atoms with E-state index in [9.17, 15) is 14.4 Å². The van der Waals surface area contributed by atoms with E-state index in [0.29, 0.717) is 19.4 Å². The predicted molar refractivity (Wildman–Crippen MR) is 92.1 cm³/mol. The van der Waals surface area contributed by atoms with Gasteiger partial charge in [-0.1, -0.05) is 26.7 Å². The van der Waals surface area contributed by atoms with Crippen molar-refractivity contribution >= 4 is 30.2 Å². The molecular formula is C16H30N2O3S. The maximum absolute atomic E-state index is 12.1. The Balaban J connectivity index is 4.35. The van der Waals surface area contributed by atoms with Crippen molar-refractivity contribution in [3.8, 4) is 0 Å². The first-order valence-electron chi connectivity index (χ1n) is 8.24. The second kappa shape index (κ2) is 13.6. The lowest BCUT2D eigenvalue weighted by Gasteiger charge is -2.17. The Morgan fingerprint density at radius 1 is 1.05 bits per heavy atom. The summed E-state index contributed by atoms with van der Waals surface area (Å²) in [5.74, 6) is 0.360. The lowest BCUT2D eigenvalue weighted by molar-refractivity contribution is -0.131. The van der Waals surface area contributed by atoms with Crippen LogP contribution in [-0.2, 0) is 14.4 Å². The van der Waals surface area contributed by atoms with Gasteiger partial charge < -0.3 is 10.6 Å². The first-order chi connectivity index (χ1) is 10.5. The maximum Gasteiger partial charge on any atom is 0.243 e. The second-order valence-electron chi connectivity index (χ2n) is 5.40.